The maximum absolute atomic E-state index is 2.70. The molecule has 0 radical (unpaired) electrons. The van der Waals surface area contributed by atoms with Crippen LogP contribution in [0.4, 0.5) is 0 Å². The molecular formula is C15H25N. The van der Waals surface area contributed by atoms with Gasteiger partial charge < -0.3 is 0 Å². The summed E-state index contributed by atoms with van der Waals surface area (Å²) >= 11 is 0. The van der Waals surface area contributed by atoms with E-state index in [0.29, 0.717) is 6.04 Å². The van der Waals surface area contributed by atoms with Crippen molar-refractivity contribution in [2.75, 3.05) is 6.54 Å². The molecule has 0 N–H and O–H groups in total. The van der Waals surface area contributed by atoms with E-state index in [1.54, 1.807) is 5.57 Å². The molecule has 1 aliphatic carbocycles. The molecule has 0 amide bonds. The van der Waals surface area contributed by atoms with Crippen LogP contribution in [0.15, 0.2) is 23.8 Å². The van der Waals surface area contributed by atoms with E-state index < -0.39 is 0 Å². The molecule has 2 rings (SSSR count). The average Bonchev–Trinajstić information content (AvgIpc) is 2.29. The largest absolute Gasteiger partial charge is 0.294 e. The minimum atomic E-state index is 0.687. The molecule has 1 nitrogen and oxygen atoms in total. The van der Waals surface area contributed by atoms with Crippen molar-refractivity contribution in [2.24, 2.45) is 5.92 Å². The summed E-state index contributed by atoms with van der Waals surface area (Å²) in [4.78, 5) is 2.70. The monoisotopic (exact) mass is 219 g/mol. The SMILES string of the molecule is CC1C=CC=C([C@@H]2CCCCN2C(C)C)C1. The summed E-state index contributed by atoms with van der Waals surface area (Å²) in [7, 11) is 0. The van der Waals surface area contributed by atoms with Crippen molar-refractivity contribution in [3.05, 3.63) is 23.8 Å². The first-order valence-corrected chi connectivity index (χ1v) is 6.81. The third-order valence-electron chi connectivity index (χ3n) is 3.94. The van der Waals surface area contributed by atoms with Crippen molar-refractivity contribution in [2.45, 2.75) is 58.5 Å². The van der Waals surface area contributed by atoms with Gasteiger partial charge in [-0.25, -0.2) is 0 Å². The molecule has 1 unspecified atom stereocenters. The summed E-state index contributed by atoms with van der Waals surface area (Å²) in [5, 5.41) is 0. The van der Waals surface area contributed by atoms with Crippen LogP contribution in [0, 0.1) is 5.92 Å². The van der Waals surface area contributed by atoms with Crippen molar-refractivity contribution in [3.63, 3.8) is 0 Å². The maximum atomic E-state index is 2.70. The van der Waals surface area contributed by atoms with Crippen LogP contribution in [0.25, 0.3) is 0 Å². The predicted molar refractivity (Wildman–Crippen MR) is 70.5 cm³/mol. The van der Waals surface area contributed by atoms with Gasteiger partial charge in [-0.05, 0) is 45.6 Å². The van der Waals surface area contributed by atoms with E-state index in [-0.39, 0.29) is 0 Å². The van der Waals surface area contributed by atoms with Crippen LogP contribution < -0.4 is 0 Å². The fraction of sp³-hybridized carbons (Fsp3) is 0.733. The van der Waals surface area contributed by atoms with Crippen molar-refractivity contribution in [1.29, 1.82) is 0 Å². The Morgan fingerprint density at radius 3 is 2.81 bits per heavy atom. The average molecular weight is 219 g/mol. The van der Waals surface area contributed by atoms with Gasteiger partial charge in [-0.15, -0.1) is 0 Å². The fourth-order valence-electron chi connectivity index (χ4n) is 3.09. The molecule has 0 bridgehead atoms. The number of nitrogens with zero attached hydrogens (tertiary/aromatic N) is 1. The lowest BCUT2D eigenvalue weighted by Gasteiger charge is -2.41. The summed E-state index contributed by atoms with van der Waals surface area (Å²) in [5.41, 5.74) is 1.67. The van der Waals surface area contributed by atoms with E-state index in [4.69, 9.17) is 0 Å². The van der Waals surface area contributed by atoms with Gasteiger partial charge in [-0.1, -0.05) is 37.1 Å². The van der Waals surface area contributed by atoms with Crippen molar-refractivity contribution < 1.29 is 0 Å². The molecule has 1 saturated heterocycles. The summed E-state index contributed by atoms with van der Waals surface area (Å²) < 4.78 is 0. The first kappa shape index (κ1) is 11.9. The zero-order valence-electron chi connectivity index (χ0n) is 10.9. The standard InChI is InChI=1S/C15H25N/c1-12(2)16-10-5-4-9-15(16)14-8-6-7-13(3)11-14/h6-8,12-13,15H,4-5,9-11H2,1-3H3/t13?,15-/m0/s1. The topological polar surface area (TPSA) is 3.24 Å². The zero-order chi connectivity index (χ0) is 11.5. The predicted octanol–water partition coefficient (Wildman–Crippen LogP) is 3.77. The second-order valence-corrected chi connectivity index (χ2v) is 5.65. The third-order valence-corrected chi connectivity index (χ3v) is 3.94. The molecule has 1 heteroatoms. The zero-order valence-corrected chi connectivity index (χ0v) is 10.9. The number of rotatable bonds is 2. The third kappa shape index (κ3) is 2.57. The number of allylic oxidation sites excluding steroid dienone is 3. The van der Waals surface area contributed by atoms with Gasteiger partial charge in [0.2, 0.25) is 0 Å². The Morgan fingerprint density at radius 1 is 1.31 bits per heavy atom. The molecule has 2 aliphatic rings. The van der Waals surface area contributed by atoms with Crippen LogP contribution in [0.1, 0.15) is 46.5 Å². The van der Waals surface area contributed by atoms with Crippen LogP contribution >= 0.6 is 0 Å². The van der Waals surface area contributed by atoms with Gasteiger partial charge in [-0.3, -0.25) is 4.90 Å². The van der Waals surface area contributed by atoms with E-state index in [1.165, 1.54) is 32.2 Å². The van der Waals surface area contributed by atoms with Gasteiger partial charge in [0, 0.05) is 12.1 Å². The maximum Gasteiger partial charge on any atom is 0.0313 e. The van der Waals surface area contributed by atoms with Crippen LogP contribution in [0.2, 0.25) is 0 Å². The Labute approximate surface area is 100 Å². The van der Waals surface area contributed by atoms with Crippen LogP contribution in [-0.4, -0.2) is 23.5 Å². The minimum Gasteiger partial charge on any atom is -0.294 e. The highest BCUT2D eigenvalue weighted by molar-refractivity contribution is 5.24. The van der Waals surface area contributed by atoms with E-state index in [0.717, 1.165) is 12.0 Å². The summed E-state index contributed by atoms with van der Waals surface area (Å²) in [5.74, 6) is 0.732. The molecular weight excluding hydrogens is 194 g/mol. The molecule has 0 spiro atoms. The molecule has 0 aromatic heterocycles. The van der Waals surface area contributed by atoms with Gasteiger partial charge >= 0.3 is 0 Å². The first-order valence-electron chi connectivity index (χ1n) is 6.81. The normalized spacial score (nSPS) is 31.9. The Kier molecular flexibility index (Phi) is 3.86. The Morgan fingerprint density at radius 2 is 2.12 bits per heavy atom. The molecule has 90 valence electrons. The Hall–Kier alpha value is -0.560. The Bertz CT molecular complexity index is 288. The van der Waals surface area contributed by atoms with Crippen LogP contribution in [0.5, 0.6) is 0 Å². The second kappa shape index (κ2) is 5.18. The number of hydrogen-bond acceptors (Lipinski definition) is 1. The van der Waals surface area contributed by atoms with E-state index in [1.807, 2.05) is 0 Å². The van der Waals surface area contributed by atoms with Gasteiger partial charge in [0.25, 0.3) is 0 Å². The van der Waals surface area contributed by atoms with Gasteiger partial charge in [0.1, 0.15) is 0 Å². The van der Waals surface area contributed by atoms with E-state index in [2.05, 4.69) is 43.9 Å². The van der Waals surface area contributed by atoms with Gasteiger partial charge in [-0.2, -0.15) is 0 Å². The lowest BCUT2D eigenvalue weighted by molar-refractivity contribution is 0.130. The molecule has 1 fully saturated rings. The quantitative estimate of drug-likeness (QED) is 0.683. The molecule has 16 heavy (non-hydrogen) atoms. The summed E-state index contributed by atoms with van der Waals surface area (Å²) in [6.07, 6.45) is 12.4. The molecule has 0 aromatic rings. The fourth-order valence-corrected chi connectivity index (χ4v) is 3.09. The Balaban J connectivity index is 2.11. The number of likely N-dealkylation sites (tertiary alicyclic amines) is 1. The van der Waals surface area contributed by atoms with Gasteiger partial charge in [0.05, 0.1) is 0 Å². The van der Waals surface area contributed by atoms with E-state index in [9.17, 15) is 0 Å². The summed E-state index contributed by atoms with van der Waals surface area (Å²) in [6.45, 7) is 8.28. The molecule has 0 aromatic carbocycles. The molecule has 2 atom stereocenters. The van der Waals surface area contributed by atoms with Crippen LogP contribution in [0.3, 0.4) is 0 Å². The first-order chi connectivity index (χ1) is 7.68. The lowest BCUT2D eigenvalue weighted by Crippen LogP contribution is -2.45. The van der Waals surface area contributed by atoms with Crippen molar-refractivity contribution >= 4 is 0 Å². The smallest absolute Gasteiger partial charge is 0.0313 e. The van der Waals surface area contributed by atoms with Crippen LogP contribution in [-0.2, 0) is 0 Å². The van der Waals surface area contributed by atoms with Crippen molar-refractivity contribution in [3.8, 4) is 0 Å². The highest BCUT2D eigenvalue weighted by atomic mass is 15.2. The molecule has 1 heterocycles. The molecule has 0 saturated carbocycles. The lowest BCUT2D eigenvalue weighted by atomic mass is 9.86. The van der Waals surface area contributed by atoms with Crippen molar-refractivity contribution in [1.82, 2.24) is 4.90 Å². The molecule has 1 aliphatic heterocycles. The number of hydrogen-bond donors (Lipinski definition) is 0. The minimum absolute atomic E-state index is 0.687. The summed E-state index contributed by atoms with van der Waals surface area (Å²) in [6, 6.07) is 1.41. The van der Waals surface area contributed by atoms with E-state index >= 15 is 0 Å². The highest BCUT2D eigenvalue weighted by Crippen LogP contribution is 2.30. The highest BCUT2D eigenvalue weighted by Gasteiger charge is 2.28. The van der Waals surface area contributed by atoms with Gasteiger partial charge in [0.15, 0.2) is 0 Å². The second-order valence-electron chi connectivity index (χ2n) is 5.65. The number of piperidine rings is 1.